The Morgan fingerprint density at radius 1 is 1.00 bits per heavy atom. The van der Waals surface area contributed by atoms with Crippen LogP contribution >= 0.6 is 15.9 Å². The molecule has 0 N–H and O–H groups in total. The van der Waals surface area contributed by atoms with Crippen LogP contribution in [0.15, 0.2) is 40.9 Å². The standard InChI is InChI=1S/C16H10BrNO4/c17-12-6-14-13(21-8-22-14)5-9(12)7-18-15(19)10-3-1-2-4-11(10)16(18)20/h1-6H,7-8H2. The van der Waals surface area contributed by atoms with Crippen LogP contribution < -0.4 is 9.47 Å². The van der Waals surface area contributed by atoms with Gasteiger partial charge in [0.1, 0.15) is 0 Å². The number of benzene rings is 2. The molecule has 6 heteroatoms. The van der Waals surface area contributed by atoms with Crippen molar-refractivity contribution in [3.05, 3.63) is 57.6 Å². The summed E-state index contributed by atoms with van der Waals surface area (Å²) < 4.78 is 11.4. The fourth-order valence-corrected chi connectivity index (χ4v) is 3.08. The summed E-state index contributed by atoms with van der Waals surface area (Å²) in [5.41, 5.74) is 1.69. The summed E-state index contributed by atoms with van der Waals surface area (Å²) in [5.74, 6) is 0.725. The maximum absolute atomic E-state index is 12.4. The average Bonchev–Trinajstić information content (AvgIpc) is 3.06. The third kappa shape index (κ3) is 1.91. The van der Waals surface area contributed by atoms with Gasteiger partial charge in [-0.3, -0.25) is 14.5 Å². The molecular weight excluding hydrogens is 350 g/mol. The predicted octanol–water partition coefficient (Wildman–Crippen LogP) is 2.97. The molecule has 2 heterocycles. The van der Waals surface area contributed by atoms with E-state index in [4.69, 9.17) is 9.47 Å². The van der Waals surface area contributed by atoms with Crippen molar-refractivity contribution in [2.24, 2.45) is 0 Å². The normalized spacial score (nSPS) is 15.4. The van der Waals surface area contributed by atoms with Crippen molar-refractivity contribution in [3.63, 3.8) is 0 Å². The lowest BCUT2D eigenvalue weighted by Gasteiger charge is -2.15. The van der Waals surface area contributed by atoms with Crippen LogP contribution in [0.25, 0.3) is 0 Å². The molecule has 2 amide bonds. The van der Waals surface area contributed by atoms with Crippen molar-refractivity contribution in [1.82, 2.24) is 4.90 Å². The van der Waals surface area contributed by atoms with E-state index in [2.05, 4.69) is 15.9 Å². The number of imide groups is 1. The minimum absolute atomic E-state index is 0.179. The van der Waals surface area contributed by atoms with Gasteiger partial charge in [0, 0.05) is 4.47 Å². The smallest absolute Gasteiger partial charge is 0.261 e. The van der Waals surface area contributed by atoms with Crippen molar-refractivity contribution in [2.45, 2.75) is 6.54 Å². The fourth-order valence-electron chi connectivity index (χ4n) is 2.63. The molecular formula is C16H10BrNO4. The highest BCUT2D eigenvalue weighted by atomic mass is 79.9. The summed E-state index contributed by atoms with van der Waals surface area (Å²) in [4.78, 5) is 26.0. The van der Waals surface area contributed by atoms with Crippen molar-refractivity contribution in [2.75, 3.05) is 6.79 Å². The molecule has 0 unspecified atom stereocenters. The minimum Gasteiger partial charge on any atom is -0.454 e. The maximum atomic E-state index is 12.4. The molecule has 22 heavy (non-hydrogen) atoms. The van der Waals surface area contributed by atoms with Gasteiger partial charge in [0.2, 0.25) is 6.79 Å². The lowest BCUT2D eigenvalue weighted by Crippen LogP contribution is -2.29. The molecule has 4 rings (SSSR count). The molecule has 2 aliphatic rings. The second-order valence-corrected chi connectivity index (χ2v) is 5.89. The largest absolute Gasteiger partial charge is 0.454 e. The predicted molar refractivity (Wildman–Crippen MR) is 80.9 cm³/mol. The lowest BCUT2D eigenvalue weighted by molar-refractivity contribution is 0.0642. The Labute approximate surface area is 134 Å². The zero-order chi connectivity index (χ0) is 15.3. The maximum Gasteiger partial charge on any atom is 0.261 e. The van der Waals surface area contributed by atoms with Crippen LogP contribution in [0.5, 0.6) is 11.5 Å². The Morgan fingerprint density at radius 2 is 1.59 bits per heavy atom. The highest BCUT2D eigenvalue weighted by molar-refractivity contribution is 9.10. The van der Waals surface area contributed by atoms with E-state index in [1.807, 2.05) is 0 Å². The van der Waals surface area contributed by atoms with Crippen LogP contribution in [-0.2, 0) is 6.54 Å². The van der Waals surface area contributed by atoms with Gasteiger partial charge in [-0.1, -0.05) is 28.1 Å². The number of ether oxygens (including phenoxy) is 2. The van der Waals surface area contributed by atoms with Crippen LogP contribution in [0.4, 0.5) is 0 Å². The summed E-state index contributed by atoms with van der Waals surface area (Å²) in [6.07, 6.45) is 0. The summed E-state index contributed by atoms with van der Waals surface area (Å²) in [6.45, 7) is 0.363. The fraction of sp³-hybridized carbons (Fsp3) is 0.125. The molecule has 0 aromatic heterocycles. The number of fused-ring (bicyclic) bond motifs is 2. The number of nitrogens with zero attached hydrogens (tertiary/aromatic N) is 1. The Hall–Kier alpha value is -2.34. The third-order valence-electron chi connectivity index (χ3n) is 3.75. The molecule has 5 nitrogen and oxygen atoms in total. The van der Waals surface area contributed by atoms with E-state index in [9.17, 15) is 9.59 Å². The number of amides is 2. The molecule has 0 spiro atoms. The Morgan fingerprint density at radius 3 is 2.23 bits per heavy atom. The van der Waals surface area contributed by atoms with Crippen LogP contribution in [0.1, 0.15) is 26.3 Å². The van der Waals surface area contributed by atoms with Gasteiger partial charge >= 0.3 is 0 Å². The van der Waals surface area contributed by atoms with Crippen molar-refractivity contribution in [1.29, 1.82) is 0 Å². The first-order valence-electron chi connectivity index (χ1n) is 6.68. The van der Waals surface area contributed by atoms with E-state index in [1.54, 1.807) is 36.4 Å². The molecule has 2 aliphatic heterocycles. The lowest BCUT2D eigenvalue weighted by atomic mass is 10.1. The molecule has 110 valence electrons. The molecule has 0 saturated carbocycles. The molecule has 0 saturated heterocycles. The Balaban J connectivity index is 1.68. The number of hydrogen-bond donors (Lipinski definition) is 0. The van der Waals surface area contributed by atoms with Crippen LogP contribution in [0.3, 0.4) is 0 Å². The number of rotatable bonds is 2. The monoisotopic (exact) mass is 359 g/mol. The van der Waals surface area contributed by atoms with Crippen molar-refractivity contribution < 1.29 is 19.1 Å². The first kappa shape index (κ1) is 13.3. The second kappa shape index (κ2) is 4.84. The first-order valence-corrected chi connectivity index (χ1v) is 7.47. The quantitative estimate of drug-likeness (QED) is 0.773. The van der Waals surface area contributed by atoms with E-state index in [1.165, 1.54) is 4.90 Å². The van der Waals surface area contributed by atoms with Gasteiger partial charge in [-0.15, -0.1) is 0 Å². The number of carbonyl (C=O) groups is 2. The Kier molecular flexibility index (Phi) is 2.94. The van der Waals surface area contributed by atoms with Gasteiger partial charge in [-0.05, 0) is 29.8 Å². The van der Waals surface area contributed by atoms with Gasteiger partial charge in [-0.2, -0.15) is 0 Å². The highest BCUT2D eigenvalue weighted by Crippen LogP contribution is 2.38. The topological polar surface area (TPSA) is 55.8 Å². The first-order chi connectivity index (χ1) is 10.6. The molecule has 2 aromatic carbocycles. The van der Waals surface area contributed by atoms with E-state index in [-0.39, 0.29) is 25.2 Å². The molecule has 0 atom stereocenters. The van der Waals surface area contributed by atoms with E-state index < -0.39 is 0 Å². The molecule has 0 radical (unpaired) electrons. The summed E-state index contributed by atoms with van der Waals surface area (Å²) >= 11 is 3.45. The van der Waals surface area contributed by atoms with E-state index >= 15 is 0 Å². The second-order valence-electron chi connectivity index (χ2n) is 5.04. The molecule has 0 aliphatic carbocycles. The minimum atomic E-state index is -0.273. The zero-order valence-corrected chi connectivity index (χ0v) is 12.9. The number of carbonyl (C=O) groups excluding carboxylic acids is 2. The highest BCUT2D eigenvalue weighted by Gasteiger charge is 2.35. The average molecular weight is 360 g/mol. The van der Waals surface area contributed by atoms with Gasteiger partial charge in [0.15, 0.2) is 11.5 Å². The van der Waals surface area contributed by atoms with Crippen molar-refractivity contribution >= 4 is 27.7 Å². The van der Waals surface area contributed by atoms with E-state index in [0.29, 0.717) is 22.6 Å². The van der Waals surface area contributed by atoms with Gasteiger partial charge < -0.3 is 9.47 Å². The summed E-state index contributed by atoms with van der Waals surface area (Å²) in [6, 6.07) is 10.4. The number of halogens is 1. The van der Waals surface area contributed by atoms with Gasteiger partial charge in [0.25, 0.3) is 11.8 Å². The van der Waals surface area contributed by atoms with Crippen molar-refractivity contribution in [3.8, 4) is 11.5 Å². The SMILES string of the molecule is O=C1c2ccccc2C(=O)N1Cc1cc2c(cc1Br)OCO2. The molecule has 0 bridgehead atoms. The van der Waals surface area contributed by atoms with Crippen LogP contribution in [0, 0.1) is 0 Å². The van der Waals surface area contributed by atoms with Crippen LogP contribution in [0.2, 0.25) is 0 Å². The summed E-state index contributed by atoms with van der Waals surface area (Å²) in [5, 5.41) is 0. The third-order valence-corrected chi connectivity index (χ3v) is 4.49. The Bertz CT molecular complexity index is 783. The summed E-state index contributed by atoms with van der Waals surface area (Å²) in [7, 11) is 0. The molecule has 0 fully saturated rings. The van der Waals surface area contributed by atoms with E-state index in [0.717, 1.165) is 10.0 Å². The van der Waals surface area contributed by atoms with Gasteiger partial charge in [0.05, 0.1) is 17.7 Å². The molecule has 2 aromatic rings. The number of hydrogen-bond acceptors (Lipinski definition) is 4. The van der Waals surface area contributed by atoms with Gasteiger partial charge in [-0.25, -0.2) is 0 Å². The van der Waals surface area contributed by atoms with Crippen LogP contribution in [-0.4, -0.2) is 23.5 Å². The zero-order valence-electron chi connectivity index (χ0n) is 11.3.